The molecule has 5 rings (SSSR count). The van der Waals surface area contributed by atoms with E-state index in [9.17, 15) is 18.0 Å². The highest BCUT2D eigenvalue weighted by Gasteiger charge is 2.33. The molecule has 43 heavy (non-hydrogen) atoms. The third-order valence-electron chi connectivity index (χ3n) is 7.81. The van der Waals surface area contributed by atoms with E-state index >= 15 is 0 Å². The number of fused-ring (bicyclic) bond motifs is 1. The SMILES string of the molecule is C[C@H](C(=O)NC1CCCCC1)N(Cc1ccc(Br)cc1)C(=O)CN(c1ccc2c(c1)OCCO2)S(=O)(=O)c1ccccc1. The Morgan fingerprint density at radius 2 is 1.60 bits per heavy atom. The molecule has 1 heterocycles. The van der Waals surface area contributed by atoms with Gasteiger partial charge >= 0.3 is 0 Å². The zero-order valence-electron chi connectivity index (χ0n) is 24.1. The summed E-state index contributed by atoms with van der Waals surface area (Å²) in [6.07, 6.45) is 5.09. The largest absolute Gasteiger partial charge is 0.486 e. The number of rotatable bonds is 10. The van der Waals surface area contributed by atoms with Crippen LogP contribution < -0.4 is 19.1 Å². The van der Waals surface area contributed by atoms with E-state index in [-0.39, 0.29) is 29.1 Å². The lowest BCUT2D eigenvalue weighted by Gasteiger charge is -2.33. The number of carbonyl (C=O) groups is 2. The topological polar surface area (TPSA) is 105 Å². The number of nitrogens with zero attached hydrogens (tertiary/aromatic N) is 2. The minimum absolute atomic E-state index is 0.0419. The summed E-state index contributed by atoms with van der Waals surface area (Å²) in [5.41, 5.74) is 1.06. The van der Waals surface area contributed by atoms with Gasteiger partial charge < -0.3 is 19.7 Å². The van der Waals surface area contributed by atoms with Crippen molar-refractivity contribution in [2.24, 2.45) is 0 Å². The van der Waals surface area contributed by atoms with E-state index in [1.54, 1.807) is 43.3 Å². The predicted molar refractivity (Wildman–Crippen MR) is 168 cm³/mol. The zero-order valence-corrected chi connectivity index (χ0v) is 26.5. The molecule has 11 heteroatoms. The molecule has 1 saturated carbocycles. The van der Waals surface area contributed by atoms with Crippen LogP contribution in [0, 0.1) is 0 Å². The number of carbonyl (C=O) groups excluding carboxylic acids is 2. The van der Waals surface area contributed by atoms with Crippen LogP contribution in [0.3, 0.4) is 0 Å². The Morgan fingerprint density at radius 1 is 0.930 bits per heavy atom. The number of hydrogen-bond acceptors (Lipinski definition) is 6. The molecule has 0 aromatic heterocycles. The van der Waals surface area contributed by atoms with Crippen molar-refractivity contribution in [3.05, 3.63) is 82.8 Å². The summed E-state index contributed by atoms with van der Waals surface area (Å²) < 4.78 is 41.3. The van der Waals surface area contributed by atoms with Gasteiger partial charge in [-0.25, -0.2) is 8.42 Å². The van der Waals surface area contributed by atoms with Gasteiger partial charge in [-0.3, -0.25) is 13.9 Å². The summed E-state index contributed by atoms with van der Waals surface area (Å²) in [6.45, 7) is 2.02. The third kappa shape index (κ3) is 7.51. The molecule has 2 aliphatic rings. The van der Waals surface area contributed by atoms with Crippen LogP contribution in [0.5, 0.6) is 11.5 Å². The first-order chi connectivity index (χ1) is 20.7. The lowest BCUT2D eigenvalue weighted by atomic mass is 9.95. The molecule has 0 saturated heterocycles. The minimum atomic E-state index is -4.17. The molecule has 0 radical (unpaired) electrons. The molecule has 9 nitrogen and oxygen atoms in total. The molecule has 2 amide bonds. The first-order valence-corrected chi connectivity index (χ1v) is 16.8. The molecule has 1 fully saturated rings. The molecule has 1 aliphatic heterocycles. The van der Waals surface area contributed by atoms with E-state index in [0.29, 0.717) is 24.7 Å². The van der Waals surface area contributed by atoms with E-state index in [2.05, 4.69) is 21.2 Å². The van der Waals surface area contributed by atoms with Gasteiger partial charge in [0.1, 0.15) is 25.8 Å². The van der Waals surface area contributed by atoms with Crippen molar-refractivity contribution in [1.29, 1.82) is 0 Å². The van der Waals surface area contributed by atoms with Gasteiger partial charge in [-0.2, -0.15) is 0 Å². The number of anilines is 1. The molecular formula is C32H36BrN3O6S. The van der Waals surface area contributed by atoms with Crippen LogP contribution in [0.15, 0.2) is 82.2 Å². The Bertz CT molecular complexity index is 1530. The molecule has 1 aliphatic carbocycles. The Hall–Kier alpha value is -3.57. The first-order valence-electron chi connectivity index (χ1n) is 14.5. The molecule has 228 valence electrons. The van der Waals surface area contributed by atoms with Gasteiger partial charge in [0, 0.05) is 23.1 Å². The Balaban J connectivity index is 1.47. The van der Waals surface area contributed by atoms with E-state index in [1.165, 1.54) is 17.0 Å². The number of nitrogens with one attached hydrogen (secondary N) is 1. The second-order valence-electron chi connectivity index (χ2n) is 10.8. The summed E-state index contributed by atoms with van der Waals surface area (Å²) >= 11 is 3.44. The standard InChI is InChI=1S/C32H36BrN3O6S/c1-23(32(38)34-26-8-4-2-5-9-26)35(21-24-12-14-25(33)15-13-24)31(37)22-36(43(39,40)28-10-6-3-7-11-28)27-16-17-29-30(20-27)42-19-18-41-29/h3,6-7,10-17,20,23,26H,2,4-5,8-9,18-19,21-22H2,1H3,(H,34,38)/t23-/m1/s1. The van der Waals surface area contributed by atoms with Crippen molar-refractivity contribution < 1.29 is 27.5 Å². The highest BCUT2D eigenvalue weighted by molar-refractivity contribution is 9.10. The number of hydrogen-bond donors (Lipinski definition) is 1. The van der Waals surface area contributed by atoms with Crippen molar-refractivity contribution in [3.8, 4) is 11.5 Å². The average Bonchev–Trinajstić information content (AvgIpc) is 3.03. The monoisotopic (exact) mass is 669 g/mol. The quantitative estimate of drug-likeness (QED) is 0.315. The maximum absolute atomic E-state index is 14.2. The number of ether oxygens (including phenoxy) is 2. The van der Waals surface area contributed by atoms with Crippen LogP contribution in [-0.4, -0.2) is 57.0 Å². The van der Waals surface area contributed by atoms with Crippen molar-refractivity contribution >= 4 is 43.5 Å². The molecule has 0 bridgehead atoms. The van der Waals surface area contributed by atoms with Gasteiger partial charge in [0.15, 0.2) is 11.5 Å². The Kier molecular flexibility index (Phi) is 9.92. The molecule has 3 aromatic carbocycles. The van der Waals surface area contributed by atoms with Crippen molar-refractivity contribution in [1.82, 2.24) is 10.2 Å². The third-order valence-corrected chi connectivity index (χ3v) is 10.1. The first kappa shape index (κ1) is 30.9. The second-order valence-corrected chi connectivity index (χ2v) is 13.6. The van der Waals surface area contributed by atoms with Gasteiger partial charge in [-0.05, 0) is 61.7 Å². The second kappa shape index (κ2) is 13.8. The highest BCUT2D eigenvalue weighted by Crippen LogP contribution is 2.36. The smallest absolute Gasteiger partial charge is 0.264 e. The summed E-state index contributed by atoms with van der Waals surface area (Å²) in [5, 5.41) is 3.12. The normalized spacial score (nSPS) is 15.8. The molecule has 1 N–H and O–H groups in total. The fourth-order valence-corrected chi connectivity index (χ4v) is 7.06. The number of benzene rings is 3. The predicted octanol–water partition coefficient (Wildman–Crippen LogP) is 5.28. The van der Waals surface area contributed by atoms with Crippen LogP contribution in [0.1, 0.15) is 44.6 Å². The van der Waals surface area contributed by atoms with Crippen LogP contribution in [0.25, 0.3) is 0 Å². The summed E-state index contributed by atoms with van der Waals surface area (Å²) in [7, 11) is -4.17. The highest BCUT2D eigenvalue weighted by atomic mass is 79.9. The van der Waals surface area contributed by atoms with Gasteiger partial charge in [0.25, 0.3) is 10.0 Å². The molecular weight excluding hydrogens is 634 g/mol. The van der Waals surface area contributed by atoms with E-state index < -0.39 is 28.5 Å². The zero-order chi connectivity index (χ0) is 30.4. The van der Waals surface area contributed by atoms with Gasteiger partial charge in [-0.15, -0.1) is 0 Å². The number of halogens is 1. The van der Waals surface area contributed by atoms with E-state index in [1.807, 2.05) is 24.3 Å². The van der Waals surface area contributed by atoms with Crippen LogP contribution in [0.4, 0.5) is 5.69 Å². The summed E-state index contributed by atoms with van der Waals surface area (Å²) in [4.78, 5) is 29.1. The number of sulfonamides is 1. The summed E-state index contributed by atoms with van der Waals surface area (Å²) in [6, 6.07) is 19.5. The lowest BCUT2D eigenvalue weighted by molar-refractivity contribution is -0.139. The van der Waals surface area contributed by atoms with Crippen LogP contribution in [0.2, 0.25) is 0 Å². The van der Waals surface area contributed by atoms with Crippen molar-refractivity contribution in [2.45, 2.75) is 62.6 Å². The Labute approximate surface area is 261 Å². The van der Waals surface area contributed by atoms with Gasteiger partial charge in [0.05, 0.1) is 10.6 Å². The van der Waals surface area contributed by atoms with Gasteiger partial charge in [0.2, 0.25) is 11.8 Å². The molecule has 1 atom stereocenters. The fourth-order valence-electron chi connectivity index (χ4n) is 5.37. The molecule has 3 aromatic rings. The molecule has 0 unspecified atom stereocenters. The maximum atomic E-state index is 14.2. The maximum Gasteiger partial charge on any atom is 0.264 e. The van der Waals surface area contributed by atoms with Gasteiger partial charge in [-0.1, -0.05) is 65.5 Å². The van der Waals surface area contributed by atoms with E-state index in [0.717, 1.165) is 46.4 Å². The lowest BCUT2D eigenvalue weighted by Crippen LogP contribution is -2.53. The summed E-state index contributed by atoms with van der Waals surface area (Å²) in [5.74, 6) is 0.137. The van der Waals surface area contributed by atoms with E-state index in [4.69, 9.17) is 9.47 Å². The fraction of sp³-hybridized carbons (Fsp3) is 0.375. The Morgan fingerprint density at radius 3 is 2.30 bits per heavy atom. The minimum Gasteiger partial charge on any atom is -0.486 e. The van der Waals surface area contributed by atoms with Crippen LogP contribution >= 0.6 is 15.9 Å². The van der Waals surface area contributed by atoms with Crippen molar-refractivity contribution in [2.75, 3.05) is 24.1 Å². The van der Waals surface area contributed by atoms with Crippen LogP contribution in [-0.2, 0) is 26.2 Å². The van der Waals surface area contributed by atoms with Crippen molar-refractivity contribution in [3.63, 3.8) is 0 Å². The molecule has 0 spiro atoms. The number of amides is 2. The average molecular weight is 671 g/mol.